The minimum Gasteiger partial charge on any atom is -0.494 e. The van der Waals surface area contributed by atoms with Gasteiger partial charge in [0.05, 0.1) is 42.2 Å². The van der Waals surface area contributed by atoms with E-state index in [1.54, 1.807) is 12.4 Å². The summed E-state index contributed by atoms with van der Waals surface area (Å²) in [6.07, 6.45) is 6.10. The number of hydrogen-bond donors (Lipinski definition) is 1. The number of fused-ring (bicyclic) bond motifs is 1. The molecule has 3 aromatic rings. The fourth-order valence-corrected chi connectivity index (χ4v) is 3.92. The van der Waals surface area contributed by atoms with Crippen LogP contribution in [0.25, 0.3) is 10.9 Å². The minimum absolute atomic E-state index is 0.144. The third-order valence-corrected chi connectivity index (χ3v) is 5.25. The van der Waals surface area contributed by atoms with E-state index in [9.17, 15) is 5.11 Å². The highest BCUT2D eigenvalue weighted by Crippen LogP contribution is 2.36. The van der Waals surface area contributed by atoms with Crippen molar-refractivity contribution in [3.05, 3.63) is 53.6 Å². The van der Waals surface area contributed by atoms with Gasteiger partial charge in [-0.2, -0.15) is 0 Å². The normalized spacial score (nSPS) is 15.8. The van der Waals surface area contributed by atoms with Gasteiger partial charge >= 0.3 is 0 Å². The first-order valence-electron chi connectivity index (χ1n) is 9.79. The van der Waals surface area contributed by atoms with Gasteiger partial charge in [-0.15, -0.1) is 0 Å². The molecular weight excluding hydrogens is 352 g/mol. The molecule has 2 aromatic heterocycles. The number of ether oxygens (including phenoxy) is 1. The predicted octanol–water partition coefficient (Wildman–Crippen LogP) is 3.88. The van der Waals surface area contributed by atoms with Crippen LogP contribution in [-0.2, 0) is 11.2 Å². The maximum atomic E-state index is 11.0. The van der Waals surface area contributed by atoms with Crippen molar-refractivity contribution in [3.63, 3.8) is 0 Å². The predicted molar refractivity (Wildman–Crippen MR) is 110 cm³/mol. The van der Waals surface area contributed by atoms with Crippen molar-refractivity contribution in [2.75, 3.05) is 19.8 Å². The average Bonchev–Trinajstić information content (AvgIpc) is 3.00. The largest absolute Gasteiger partial charge is 0.494 e. The van der Waals surface area contributed by atoms with Gasteiger partial charge in [0.15, 0.2) is 0 Å². The molecule has 28 heavy (non-hydrogen) atoms. The van der Waals surface area contributed by atoms with Gasteiger partial charge in [0, 0.05) is 35.9 Å². The van der Waals surface area contributed by atoms with E-state index in [1.165, 1.54) is 5.56 Å². The second kappa shape index (κ2) is 7.72. The zero-order chi connectivity index (χ0) is 19.7. The van der Waals surface area contributed by atoms with Gasteiger partial charge < -0.3 is 14.4 Å². The first-order chi connectivity index (χ1) is 13.6. The van der Waals surface area contributed by atoms with Crippen molar-refractivity contribution < 1.29 is 9.84 Å². The summed E-state index contributed by atoms with van der Waals surface area (Å²) in [6, 6.07) is 6.55. The third kappa shape index (κ3) is 3.40. The zero-order valence-corrected chi connectivity index (χ0v) is 16.6. The van der Waals surface area contributed by atoms with Crippen molar-refractivity contribution in [2.45, 2.75) is 39.2 Å². The van der Waals surface area contributed by atoms with Gasteiger partial charge in [0.25, 0.3) is 0 Å². The van der Waals surface area contributed by atoms with Crippen molar-refractivity contribution in [3.8, 4) is 5.88 Å². The molecule has 1 N–H and O–H groups in total. The maximum absolute atomic E-state index is 11.0. The molecule has 0 saturated carbocycles. The number of nitrogens with zero attached hydrogens (tertiary/aromatic N) is 4. The van der Waals surface area contributed by atoms with Crippen LogP contribution < -0.4 is 0 Å². The molecule has 1 aliphatic rings. The number of aromatic hydroxyl groups is 1. The second-order valence-electron chi connectivity index (χ2n) is 7.63. The standard InChI is InChI=1S/C22H26N4O2/c1-14(2)26-20-5-4-16(10-15(3)18-12-23-6-7-24-18)11-17(20)21(22(26)27)19-13-28-9-8-25-19/h4-7,11-12,14-15,27H,8-10,13H2,1-3H3. The van der Waals surface area contributed by atoms with Crippen LogP contribution in [0.1, 0.15) is 49.6 Å². The molecule has 0 saturated heterocycles. The molecule has 146 valence electrons. The van der Waals surface area contributed by atoms with Crippen LogP contribution in [0.3, 0.4) is 0 Å². The quantitative estimate of drug-likeness (QED) is 0.731. The Balaban J connectivity index is 1.78. The van der Waals surface area contributed by atoms with Crippen molar-refractivity contribution >= 4 is 16.6 Å². The van der Waals surface area contributed by atoms with Crippen LogP contribution in [0.15, 0.2) is 41.8 Å². The molecule has 0 amide bonds. The van der Waals surface area contributed by atoms with E-state index >= 15 is 0 Å². The number of benzene rings is 1. The first-order valence-corrected chi connectivity index (χ1v) is 9.79. The zero-order valence-electron chi connectivity index (χ0n) is 16.6. The van der Waals surface area contributed by atoms with E-state index in [-0.39, 0.29) is 17.8 Å². The molecule has 1 atom stereocenters. The topological polar surface area (TPSA) is 72.5 Å². The Bertz CT molecular complexity index is 1010. The molecule has 6 nitrogen and oxygen atoms in total. The summed E-state index contributed by atoms with van der Waals surface area (Å²) < 4.78 is 7.57. The molecule has 0 aliphatic carbocycles. The van der Waals surface area contributed by atoms with Crippen LogP contribution in [0.5, 0.6) is 5.88 Å². The molecular formula is C22H26N4O2. The summed E-state index contributed by atoms with van der Waals surface area (Å²) in [4.78, 5) is 13.2. The fourth-order valence-electron chi connectivity index (χ4n) is 3.92. The van der Waals surface area contributed by atoms with Crippen LogP contribution >= 0.6 is 0 Å². The Kier molecular flexibility index (Phi) is 5.13. The highest BCUT2D eigenvalue weighted by Gasteiger charge is 2.24. The van der Waals surface area contributed by atoms with E-state index in [2.05, 4.69) is 53.9 Å². The SMILES string of the molecule is CC(Cc1ccc2c(c1)c(C1=NCCOC1)c(O)n2C(C)C)c1cnccn1. The maximum Gasteiger partial charge on any atom is 0.201 e. The lowest BCUT2D eigenvalue weighted by molar-refractivity contribution is 0.171. The number of rotatable bonds is 5. The molecule has 3 heterocycles. The molecule has 1 aromatic carbocycles. The molecule has 0 spiro atoms. The summed E-state index contributed by atoms with van der Waals surface area (Å²) in [5.74, 6) is 0.527. The smallest absolute Gasteiger partial charge is 0.201 e. The Hall–Kier alpha value is -2.73. The van der Waals surface area contributed by atoms with Gasteiger partial charge in [-0.3, -0.25) is 15.0 Å². The highest BCUT2D eigenvalue weighted by atomic mass is 16.5. The fraction of sp³-hybridized carbons (Fsp3) is 0.409. The molecule has 0 bridgehead atoms. The van der Waals surface area contributed by atoms with Gasteiger partial charge in [0.1, 0.15) is 0 Å². The summed E-state index contributed by atoms with van der Waals surface area (Å²) in [5.41, 5.74) is 4.83. The summed E-state index contributed by atoms with van der Waals surface area (Å²) in [5, 5.41) is 12.0. The van der Waals surface area contributed by atoms with Crippen LogP contribution in [0.4, 0.5) is 0 Å². The summed E-state index contributed by atoms with van der Waals surface area (Å²) in [6.45, 7) is 8.01. The number of aliphatic imine (C=N–C) groups is 1. The van der Waals surface area contributed by atoms with Gasteiger partial charge in [0.2, 0.25) is 5.88 Å². The Morgan fingerprint density at radius 2 is 2.07 bits per heavy atom. The van der Waals surface area contributed by atoms with Gasteiger partial charge in [-0.25, -0.2) is 0 Å². The van der Waals surface area contributed by atoms with Gasteiger partial charge in [-0.05, 0) is 38.0 Å². The van der Waals surface area contributed by atoms with E-state index in [4.69, 9.17) is 4.74 Å². The molecule has 0 fully saturated rings. The van der Waals surface area contributed by atoms with E-state index in [0.717, 1.165) is 34.3 Å². The Morgan fingerprint density at radius 1 is 1.21 bits per heavy atom. The first kappa shape index (κ1) is 18.6. The van der Waals surface area contributed by atoms with Gasteiger partial charge in [-0.1, -0.05) is 13.0 Å². The monoisotopic (exact) mass is 378 g/mol. The van der Waals surface area contributed by atoms with Crippen LogP contribution in [-0.4, -0.2) is 45.1 Å². The molecule has 0 radical (unpaired) electrons. The van der Waals surface area contributed by atoms with Crippen molar-refractivity contribution in [1.29, 1.82) is 0 Å². The summed E-state index contributed by atoms with van der Waals surface area (Å²) >= 11 is 0. The molecule has 4 rings (SSSR count). The third-order valence-electron chi connectivity index (χ3n) is 5.25. The van der Waals surface area contributed by atoms with E-state index in [1.807, 2.05) is 10.8 Å². The van der Waals surface area contributed by atoms with Crippen LogP contribution in [0.2, 0.25) is 0 Å². The summed E-state index contributed by atoms with van der Waals surface area (Å²) in [7, 11) is 0. The van der Waals surface area contributed by atoms with E-state index < -0.39 is 0 Å². The molecule has 6 heteroatoms. The lowest BCUT2D eigenvalue weighted by atomic mass is 9.96. The van der Waals surface area contributed by atoms with Crippen molar-refractivity contribution in [1.82, 2.24) is 14.5 Å². The lowest BCUT2D eigenvalue weighted by Crippen LogP contribution is -2.18. The Morgan fingerprint density at radius 3 is 2.75 bits per heavy atom. The minimum atomic E-state index is 0.144. The number of hydrogen-bond acceptors (Lipinski definition) is 5. The van der Waals surface area contributed by atoms with Crippen LogP contribution in [0, 0.1) is 0 Å². The lowest BCUT2D eigenvalue weighted by Gasteiger charge is -2.14. The van der Waals surface area contributed by atoms with Crippen molar-refractivity contribution in [2.24, 2.45) is 4.99 Å². The van der Waals surface area contributed by atoms with E-state index in [0.29, 0.717) is 19.8 Å². The second-order valence-corrected chi connectivity index (χ2v) is 7.63. The Labute approximate surface area is 164 Å². The average molecular weight is 378 g/mol. The number of aromatic nitrogens is 3. The highest BCUT2D eigenvalue weighted by molar-refractivity contribution is 6.14. The molecule has 1 aliphatic heterocycles. The molecule has 1 unspecified atom stereocenters.